The van der Waals surface area contributed by atoms with E-state index in [-0.39, 0.29) is 62.8 Å². The quantitative estimate of drug-likeness (QED) is 0.0313. The number of carbonyl (C=O) groups is 1. The van der Waals surface area contributed by atoms with Crippen LogP contribution in [0.2, 0.25) is 0 Å². The van der Waals surface area contributed by atoms with Gasteiger partial charge >= 0.3 is 6.09 Å². The summed E-state index contributed by atoms with van der Waals surface area (Å²) in [6.45, 7) is 4.14. The molecule has 13 nitrogen and oxygen atoms in total. The van der Waals surface area contributed by atoms with E-state index in [2.05, 4.69) is 24.8 Å². The number of halogens is 1. The van der Waals surface area contributed by atoms with Gasteiger partial charge in [0, 0.05) is 49.8 Å². The van der Waals surface area contributed by atoms with Crippen molar-refractivity contribution in [2.24, 2.45) is 22.9 Å². The molecule has 2 N–H and O–H groups in total. The van der Waals surface area contributed by atoms with E-state index < -0.39 is 34.6 Å². The highest BCUT2D eigenvalue weighted by atomic mass is 19.1. The van der Waals surface area contributed by atoms with Crippen LogP contribution in [0.1, 0.15) is 67.6 Å². The molecule has 1 amide bonds. The molecule has 3 aliphatic rings. The molecule has 2 aliphatic carbocycles. The molecule has 0 radical (unpaired) electrons. The van der Waals surface area contributed by atoms with Crippen LogP contribution in [-0.4, -0.2) is 70.6 Å². The van der Waals surface area contributed by atoms with Crippen LogP contribution < -0.4 is 9.47 Å². The van der Waals surface area contributed by atoms with Crippen molar-refractivity contribution in [1.82, 2.24) is 4.90 Å². The number of unbranched alkanes of at least 4 members (excludes halogenated alkanes) is 2. The summed E-state index contributed by atoms with van der Waals surface area (Å²) in [4.78, 5) is 32.9. The lowest BCUT2D eigenvalue weighted by Crippen LogP contribution is -2.70. The molecular formula is C55H58FN3O10. The van der Waals surface area contributed by atoms with E-state index >= 15 is 0 Å². The van der Waals surface area contributed by atoms with Gasteiger partial charge in [-0.05, 0) is 120 Å². The summed E-state index contributed by atoms with van der Waals surface area (Å²) in [6, 6.07) is 34.9. The van der Waals surface area contributed by atoms with Crippen LogP contribution in [0.4, 0.5) is 14.9 Å². The Morgan fingerprint density at radius 2 is 1.58 bits per heavy atom. The molecule has 0 bridgehead atoms. The van der Waals surface area contributed by atoms with Crippen molar-refractivity contribution < 1.29 is 48.1 Å². The first kappa shape index (κ1) is 48.6. The Morgan fingerprint density at radius 3 is 2.26 bits per heavy atom. The maximum atomic E-state index is 14.3. The number of methoxy groups -OCH3 is 1. The van der Waals surface area contributed by atoms with Crippen molar-refractivity contribution in [3.63, 3.8) is 0 Å². The molecule has 1 heterocycles. The SMILES string of the molecule is C=CCO[C@@]12Oc3ccc(Oc4ccc(-c5ccccc5)cc4)cc3[C@H]3[C@H](CCCCO)[C@@H](CCCCO)C=C(C(=NOCc4ccc([N+](=O)[O-])cc4)C[C@@H]1N(Cc1ccc(F)cc1)C(=O)OC)[C@H]32. The largest absolute Gasteiger partial charge is 0.459 e. The number of benzene rings is 5. The first-order valence-corrected chi connectivity index (χ1v) is 23.5. The van der Waals surface area contributed by atoms with Gasteiger partial charge in [-0.1, -0.05) is 84.7 Å². The zero-order chi connectivity index (χ0) is 48.3. The van der Waals surface area contributed by atoms with Crippen molar-refractivity contribution in [2.75, 3.05) is 26.9 Å². The number of non-ortho nitro benzene ring substituents is 1. The van der Waals surface area contributed by atoms with Gasteiger partial charge < -0.3 is 34.0 Å². The summed E-state index contributed by atoms with van der Waals surface area (Å²) in [5.41, 5.74) is 5.62. The molecule has 5 aromatic rings. The smallest absolute Gasteiger partial charge is 0.410 e. The third-order valence-corrected chi connectivity index (χ3v) is 13.4. The van der Waals surface area contributed by atoms with Gasteiger partial charge in [0.25, 0.3) is 5.69 Å². The lowest BCUT2D eigenvalue weighted by molar-refractivity contribution is -0.384. The van der Waals surface area contributed by atoms with Crippen molar-refractivity contribution in [3.8, 4) is 28.4 Å². The van der Waals surface area contributed by atoms with E-state index in [1.54, 1.807) is 35.2 Å². The van der Waals surface area contributed by atoms with Crippen LogP contribution in [0.3, 0.4) is 0 Å². The minimum Gasteiger partial charge on any atom is -0.459 e. The second-order valence-electron chi connectivity index (χ2n) is 17.7. The van der Waals surface area contributed by atoms with Gasteiger partial charge in [-0.2, -0.15) is 0 Å². The van der Waals surface area contributed by atoms with Crippen LogP contribution in [-0.2, 0) is 27.5 Å². The van der Waals surface area contributed by atoms with Gasteiger partial charge in [-0.3, -0.25) is 15.0 Å². The molecule has 0 aromatic heterocycles. The Hall–Kier alpha value is -6.87. The fraction of sp³-hybridized carbons (Fsp3) is 0.345. The van der Waals surface area contributed by atoms with Gasteiger partial charge in [0.1, 0.15) is 35.7 Å². The average molecular weight is 940 g/mol. The molecule has 69 heavy (non-hydrogen) atoms. The van der Waals surface area contributed by atoms with Crippen LogP contribution in [0.15, 0.2) is 151 Å². The Labute approximate surface area is 401 Å². The van der Waals surface area contributed by atoms with Crippen molar-refractivity contribution in [2.45, 2.75) is 75.8 Å². The van der Waals surface area contributed by atoms with E-state index in [1.807, 2.05) is 60.7 Å². The first-order chi connectivity index (χ1) is 33.7. The van der Waals surface area contributed by atoms with E-state index in [4.69, 9.17) is 28.9 Å². The molecule has 0 unspecified atom stereocenters. The van der Waals surface area contributed by atoms with E-state index in [1.165, 1.54) is 31.4 Å². The topological polar surface area (TPSA) is 162 Å². The summed E-state index contributed by atoms with van der Waals surface area (Å²) in [6.07, 6.45) is 7.45. The summed E-state index contributed by atoms with van der Waals surface area (Å²) in [5.74, 6) is -1.27. The summed E-state index contributed by atoms with van der Waals surface area (Å²) in [7, 11) is 1.30. The van der Waals surface area contributed by atoms with E-state index in [0.29, 0.717) is 46.9 Å². The lowest BCUT2D eigenvalue weighted by atomic mass is 9.55. The fourth-order valence-electron chi connectivity index (χ4n) is 10.3. The molecule has 14 heteroatoms. The Kier molecular flexibility index (Phi) is 15.8. The summed E-state index contributed by atoms with van der Waals surface area (Å²) >= 11 is 0. The minimum atomic E-state index is -1.58. The van der Waals surface area contributed by atoms with Crippen molar-refractivity contribution >= 4 is 17.5 Å². The number of aliphatic hydroxyl groups is 2. The number of fused-ring (bicyclic) bond motifs is 2. The molecular weight excluding hydrogens is 882 g/mol. The molecule has 5 aromatic carbocycles. The third kappa shape index (κ3) is 10.9. The van der Waals surface area contributed by atoms with Crippen LogP contribution in [0, 0.1) is 33.7 Å². The van der Waals surface area contributed by atoms with Gasteiger partial charge in [-0.15, -0.1) is 6.58 Å². The standard InChI is InChI=1S/C55H58FN3O10/c1-3-31-66-55-51(58(54(62)65-2)35-37-15-21-42(56)22-16-37)34-49(57-67-36-38-17-23-43(24-18-38)59(63)64)47-32-41(13-7-9-29-60)46(14-8-10-30-61)52(53(47)55)48-33-45(27-28-50(48)69-55)68-44-25-19-40(20-26-44)39-11-5-4-6-12-39/h3-6,11-12,15-28,32-33,41,46,51-53,60-61H,1,7-10,13-14,29-31,34-36H2,2H3/t41-,46+,51-,52+,53+,55+/m0/s1. The molecule has 0 spiro atoms. The summed E-state index contributed by atoms with van der Waals surface area (Å²) in [5, 5.41) is 36.3. The number of nitro groups is 1. The number of oxime groups is 1. The maximum Gasteiger partial charge on any atom is 0.410 e. The van der Waals surface area contributed by atoms with Gasteiger partial charge in [0.15, 0.2) is 0 Å². The predicted octanol–water partition coefficient (Wildman–Crippen LogP) is 11.3. The second kappa shape index (κ2) is 22.5. The first-order valence-electron chi connectivity index (χ1n) is 23.5. The lowest BCUT2D eigenvalue weighted by Gasteiger charge is -2.59. The number of amides is 1. The third-order valence-electron chi connectivity index (χ3n) is 13.4. The van der Waals surface area contributed by atoms with Crippen LogP contribution in [0.5, 0.6) is 17.2 Å². The molecule has 0 saturated heterocycles. The number of nitrogens with zero attached hydrogens (tertiary/aromatic N) is 3. The number of nitro benzene ring substituents is 1. The zero-order valence-corrected chi connectivity index (χ0v) is 38.7. The minimum absolute atomic E-state index is 0.0000433. The number of hydrogen-bond donors (Lipinski definition) is 2. The highest BCUT2D eigenvalue weighted by Crippen LogP contribution is 2.62. The van der Waals surface area contributed by atoms with Crippen molar-refractivity contribution in [1.29, 1.82) is 0 Å². The molecule has 1 aliphatic heterocycles. The molecule has 360 valence electrons. The Morgan fingerprint density at radius 1 is 0.899 bits per heavy atom. The molecule has 1 fully saturated rings. The highest BCUT2D eigenvalue weighted by Gasteiger charge is 2.65. The highest BCUT2D eigenvalue weighted by molar-refractivity contribution is 6.03. The predicted molar refractivity (Wildman–Crippen MR) is 259 cm³/mol. The Bertz CT molecular complexity index is 2610. The van der Waals surface area contributed by atoms with Gasteiger partial charge in [0.05, 0.1) is 30.3 Å². The Balaban J connectivity index is 1.29. The molecule has 6 atom stereocenters. The maximum absolute atomic E-state index is 14.3. The number of ether oxygens (including phenoxy) is 4. The van der Waals surface area contributed by atoms with Crippen molar-refractivity contribution in [3.05, 3.63) is 178 Å². The van der Waals surface area contributed by atoms with Gasteiger partial charge in [-0.25, -0.2) is 9.18 Å². The number of carbonyl (C=O) groups excluding carboxylic acids is 1. The monoisotopic (exact) mass is 939 g/mol. The molecule has 8 rings (SSSR count). The number of aliphatic hydroxyl groups excluding tert-OH is 2. The zero-order valence-electron chi connectivity index (χ0n) is 38.7. The fourth-order valence-corrected chi connectivity index (χ4v) is 10.3. The van der Waals surface area contributed by atoms with Crippen LogP contribution >= 0.6 is 0 Å². The van der Waals surface area contributed by atoms with Crippen LogP contribution in [0.25, 0.3) is 11.1 Å². The normalized spacial score (nSPS) is 21.8. The van der Waals surface area contributed by atoms with E-state index in [9.17, 15) is 29.5 Å². The second-order valence-corrected chi connectivity index (χ2v) is 17.7. The molecule has 1 saturated carbocycles. The average Bonchev–Trinajstić information content (AvgIpc) is 3.37. The summed E-state index contributed by atoms with van der Waals surface area (Å²) < 4.78 is 40.8. The number of allylic oxidation sites excluding steroid dienone is 1. The van der Waals surface area contributed by atoms with E-state index in [0.717, 1.165) is 47.9 Å². The van der Waals surface area contributed by atoms with Gasteiger partial charge in [0.2, 0.25) is 5.79 Å². The number of hydrogen-bond acceptors (Lipinski definition) is 11. The number of rotatable bonds is 21.